The summed E-state index contributed by atoms with van der Waals surface area (Å²) in [5.41, 5.74) is 2.67. The molecular weight excluding hydrogens is 350 g/mol. The molecule has 0 aromatic heterocycles. The first-order valence-electron chi connectivity index (χ1n) is 10.1. The molecule has 2 aromatic carbocycles. The van der Waals surface area contributed by atoms with Gasteiger partial charge in [-0.3, -0.25) is 0 Å². The second-order valence-corrected chi connectivity index (χ2v) is 8.09. The van der Waals surface area contributed by atoms with Crippen LogP contribution in [0.25, 0.3) is 0 Å². The van der Waals surface area contributed by atoms with Crippen molar-refractivity contribution in [3.63, 3.8) is 0 Å². The molecule has 0 aliphatic carbocycles. The number of hydrogen-bond donors (Lipinski definition) is 0. The third-order valence-electron chi connectivity index (χ3n) is 5.98. The lowest BCUT2D eigenvalue weighted by Gasteiger charge is -2.41. The number of nitrogens with zero attached hydrogens (tertiary/aromatic N) is 1. The van der Waals surface area contributed by atoms with Gasteiger partial charge in [-0.25, -0.2) is 0 Å². The molecule has 2 heterocycles. The van der Waals surface area contributed by atoms with Gasteiger partial charge in [0.05, 0.1) is 20.3 Å². The smallest absolute Gasteiger partial charge is 0.142 e. The summed E-state index contributed by atoms with van der Waals surface area (Å²) < 4.78 is 19.2. The highest BCUT2D eigenvalue weighted by Gasteiger charge is 2.55. The van der Waals surface area contributed by atoms with Crippen molar-refractivity contribution < 1.29 is 18.7 Å². The van der Waals surface area contributed by atoms with E-state index in [-0.39, 0.29) is 24.4 Å². The zero-order valence-electron chi connectivity index (χ0n) is 16.6. The van der Waals surface area contributed by atoms with Crippen LogP contribution in [0.4, 0.5) is 0 Å². The van der Waals surface area contributed by atoms with Crippen LogP contribution in [-0.2, 0) is 27.3 Å². The number of benzene rings is 2. The van der Waals surface area contributed by atoms with E-state index in [9.17, 15) is 0 Å². The zero-order valence-corrected chi connectivity index (χ0v) is 16.6. The maximum atomic E-state index is 6.22. The number of hydrogen-bond acceptors (Lipinski definition) is 3. The van der Waals surface area contributed by atoms with E-state index in [4.69, 9.17) is 14.2 Å². The molecule has 2 saturated heterocycles. The Morgan fingerprint density at radius 3 is 2.07 bits per heavy atom. The van der Waals surface area contributed by atoms with Crippen molar-refractivity contribution in [1.82, 2.24) is 0 Å². The van der Waals surface area contributed by atoms with E-state index in [1.807, 2.05) is 0 Å². The molecule has 0 amide bonds. The molecule has 2 aliphatic rings. The average Bonchev–Trinajstić information content (AvgIpc) is 3.30. The Morgan fingerprint density at radius 1 is 0.929 bits per heavy atom. The van der Waals surface area contributed by atoms with Crippen molar-refractivity contribution in [3.8, 4) is 0 Å². The minimum absolute atomic E-state index is 0.00472. The fraction of sp³-hybridized carbons (Fsp3) is 0.417. The SMILES string of the molecule is C=CCO[C@@H]1CO[C@H]2[C@@H]1OC[C@@H]2[N+](C)(Cc1ccccc1)Cc1ccccc1. The van der Waals surface area contributed by atoms with Crippen LogP contribution in [0, 0.1) is 0 Å². The summed E-state index contributed by atoms with van der Waals surface area (Å²) in [4.78, 5) is 0. The first-order chi connectivity index (χ1) is 13.7. The summed E-state index contributed by atoms with van der Waals surface area (Å²) in [5.74, 6) is 0. The molecule has 0 spiro atoms. The molecule has 148 valence electrons. The maximum Gasteiger partial charge on any atom is 0.142 e. The molecule has 0 N–H and O–H groups in total. The second-order valence-electron chi connectivity index (χ2n) is 8.09. The molecule has 4 rings (SSSR count). The third-order valence-corrected chi connectivity index (χ3v) is 5.98. The monoisotopic (exact) mass is 380 g/mol. The predicted molar refractivity (Wildman–Crippen MR) is 110 cm³/mol. The van der Waals surface area contributed by atoms with E-state index in [1.54, 1.807) is 6.08 Å². The van der Waals surface area contributed by atoms with Gasteiger partial charge in [0, 0.05) is 11.1 Å². The van der Waals surface area contributed by atoms with Gasteiger partial charge in [-0.15, -0.1) is 6.58 Å². The lowest BCUT2D eigenvalue weighted by atomic mass is 10.0. The summed E-state index contributed by atoms with van der Waals surface area (Å²) in [6.45, 7) is 7.44. The lowest BCUT2D eigenvalue weighted by molar-refractivity contribution is -0.959. The van der Waals surface area contributed by atoms with Gasteiger partial charge in [0.2, 0.25) is 0 Å². The first kappa shape index (κ1) is 19.3. The minimum Gasteiger partial charge on any atom is -0.369 e. The van der Waals surface area contributed by atoms with Crippen molar-refractivity contribution in [2.24, 2.45) is 0 Å². The first-order valence-corrected chi connectivity index (χ1v) is 10.1. The van der Waals surface area contributed by atoms with E-state index >= 15 is 0 Å². The highest BCUT2D eigenvalue weighted by atomic mass is 16.6. The third kappa shape index (κ3) is 4.06. The molecule has 28 heavy (non-hydrogen) atoms. The summed E-state index contributed by atoms with van der Waals surface area (Å²) in [5, 5.41) is 0. The zero-order chi connectivity index (χ0) is 19.4. The van der Waals surface area contributed by atoms with Gasteiger partial charge >= 0.3 is 0 Å². The van der Waals surface area contributed by atoms with Crippen molar-refractivity contribution in [1.29, 1.82) is 0 Å². The Balaban J connectivity index is 1.58. The molecule has 4 nitrogen and oxygen atoms in total. The van der Waals surface area contributed by atoms with Crippen molar-refractivity contribution >= 4 is 0 Å². The summed E-state index contributed by atoms with van der Waals surface area (Å²) in [6.07, 6.45) is 1.85. The Labute approximate surface area is 167 Å². The van der Waals surface area contributed by atoms with Crippen molar-refractivity contribution in [2.75, 3.05) is 26.9 Å². The van der Waals surface area contributed by atoms with Gasteiger partial charge in [0.1, 0.15) is 44.1 Å². The van der Waals surface area contributed by atoms with E-state index in [0.29, 0.717) is 19.8 Å². The molecule has 4 heteroatoms. The standard InChI is InChI=1S/C24H30NO3/c1-3-14-26-22-18-28-23-21(17-27-24(22)23)25(2,15-19-10-6-4-7-11-19)16-20-12-8-5-9-13-20/h3-13,21-24H,1,14-18H2,2H3/q+1/t21-,22+,23+,24+/m0/s1. The van der Waals surface area contributed by atoms with Gasteiger partial charge in [-0.2, -0.15) is 0 Å². The van der Waals surface area contributed by atoms with Gasteiger partial charge in [0.25, 0.3) is 0 Å². The number of rotatable bonds is 8. The molecule has 0 bridgehead atoms. The molecule has 2 aliphatic heterocycles. The van der Waals surface area contributed by atoms with Crippen LogP contribution in [0.3, 0.4) is 0 Å². The molecule has 0 saturated carbocycles. The highest BCUT2D eigenvalue weighted by molar-refractivity contribution is 5.16. The molecule has 0 radical (unpaired) electrons. The average molecular weight is 381 g/mol. The van der Waals surface area contributed by atoms with E-state index in [2.05, 4.69) is 74.3 Å². The highest BCUT2D eigenvalue weighted by Crippen LogP contribution is 2.36. The topological polar surface area (TPSA) is 27.7 Å². The summed E-state index contributed by atoms with van der Waals surface area (Å²) in [6, 6.07) is 21.7. The van der Waals surface area contributed by atoms with Crippen LogP contribution in [0.1, 0.15) is 11.1 Å². The van der Waals surface area contributed by atoms with E-state index < -0.39 is 0 Å². The predicted octanol–water partition coefficient (Wildman–Crippen LogP) is 3.57. The summed E-state index contributed by atoms with van der Waals surface area (Å²) >= 11 is 0. The van der Waals surface area contributed by atoms with Gasteiger partial charge in [-0.1, -0.05) is 66.7 Å². The quantitative estimate of drug-likeness (QED) is 0.518. The Kier molecular flexibility index (Phi) is 5.93. The van der Waals surface area contributed by atoms with Gasteiger partial charge < -0.3 is 18.7 Å². The molecular formula is C24H30NO3+. The van der Waals surface area contributed by atoms with Crippen LogP contribution in [0.2, 0.25) is 0 Å². The van der Waals surface area contributed by atoms with Crippen LogP contribution in [-0.4, -0.2) is 55.7 Å². The van der Waals surface area contributed by atoms with Crippen LogP contribution in [0.5, 0.6) is 0 Å². The fourth-order valence-electron chi connectivity index (χ4n) is 4.60. The van der Waals surface area contributed by atoms with E-state index in [0.717, 1.165) is 17.6 Å². The number of likely N-dealkylation sites (N-methyl/N-ethyl adjacent to an activating group) is 1. The summed E-state index contributed by atoms with van der Waals surface area (Å²) in [7, 11) is 2.33. The molecule has 4 atom stereocenters. The molecule has 2 fully saturated rings. The Hall–Kier alpha value is -1.98. The Morgan fingerprint density at radius 2 is 1.50 bits per heavy atom. The maximum absolute atomic E-state index is 6.22. The van der Waals surface area contributed by atoms with Crippen molar-refractivity contribution in [3.05, 3.63) is 84.4 Å². The lowest BCUT2D eigenvalue weighted by Crippen LogP contribution is -2.56. The molecule has 2 aromatic rings. The Bertz CT molecular complexity index is 722. The van der Waals surface area contributed by atoms with Crippen molar-refractivity contribution in [2.45, 2.75) is 37.4 Å². The largest absolute Gasteiger partial charge is 0.369 e. The van der Waals surface area contributed by atoms with Crippen LogP contribution in [0.15, 0.2) is 73.3 Å². The number of fused-ring (bicyclic) bond motifs is 1. The van der Waals surface area contributed by atoms with Crippen LogP contribution >= 0.6 is 0 Å². The molecule has 0 unspecified atom stereocenters. The normalized spacial score (nSPS) is 26.9. The number of ether oxygens (including phenoxy) is 3. The van der Waals surface area contributed by atoms with Gasteiger partial charge in [0.15, 0.2) is 0 Å². The minimum atomic E-state index is -0.00472. The van der Waals surface area contributed by atoms with E-state index in [1.165, 1.54) is 11.1 Å². The fourth-order valence-corrected chi connectivity index (χ4v) is 4.60. The van der Waals surface area contributed by atoms with Gasteiger partial charge in [-0.05, 0) is 0 Å². The van der Waals surface area contributed by atoms with Crippen LogP contribution < -0.4 is 0 Å². The second kappa shape index (κ2) is 8.58. The number of quaternary nitrogens is 1.